The van der Waals surface area contributed by atoms with Gasteiger partial charge < -0.3 is 9.64 Å². The van der Waals surface area contributed by atoms with Gasteiger partial charge in [0.15, 0.2) is 5.82 Å². The van der Waals surface area contributed by atoms with E-state index in [4.69, 9.17) is 4.74 Å². The van der Waals surface area contributed by atoms with Gasteiger partial charge in [-0.1, -0.05) is 6.92 Å². The molecule has 1 fully saturated rings. The second-order valence-electron chi connectivity index (χ2n) is 5.73. The summed E-state index contributed by atoms with van der Waals surface area (Å²) in [6.07, 6.45) is 4.86. The maximum Gasteiger partial charge on any atom is 0.281 e. The van der Waals surface area contributed by atoms with Gasteiger partial charge in [0.1, 0.15) is 0 Å². The van der Waals surface area contributed by atoms with Crippen LogP contribution in [0.25, 0.3) is 0 Å². The molecule has 1 aromatic rings. The van der Waals surface area contributed by atoms with Crippen molar-refractivity contribution in [3.63, 3.8) is 0 Å². The van der Waals surface area contributed by atoms with Gasteiger partial charge in [-0.2, -0.15) is 17.0 Å². The van der Waals surface area contributed by atoms with Gasteiger partial charge in [-0.3, -0.25) is 0 Å². The molecule has 8 nitrogen and oxygen atoms in total. The van der Waals surface area contributed by atoms with Crippen LogP contribution in [-0.4, -0.2) is 73.9 Å². The van der Waals surface area contributed by atoms with Crippen LogP contribution >= 0.6 is 0 Å². The third kappa shape index (κ3) is 3.91. The van der Waals surface area contributed by atoms with Gasteiger partial charge in [0.2, 0.25) is 0 Å². The molecule has 1 saturated heterocycles. The number of anilines is 1. The predicted octanol–water partition coefficient (Wildman–Crippen LogP) is 0.582. The smallest absolute Gasteiger partial charge is 0.281 e. The molecule has 1 aliphatic heterocycles. The average molecular weight is 343 g/mol. The highest BCUT2D eigenvalue weighted by Gasteiger charge is 2.34. The van der Waals surface area contributed by atoms with Crippen LogP contribution in [-0.2, 0) is 10.2 Å². The number of nitrogens with zero attached hydrogens (tertiary/aromatic N) is 5. The molecule has 0 N–H and O–H groups in total. The van der Waals surface area contributed by atoms with E-state index in [2.05, 4.69) is 9.97 Å². The topological polar surface area (TPSA) is 78.9 Å². The van der Waals surface area contributed by atoms with Gasteiger partial charge in [-0.15, -0.1) is 0 Å². The Balaban J connectivity index is 2.12. The van der Waals surface area contributed by atoms with Gasteiger partial charge in [0, 0.05) is 52.7 Å². The fourth-order valence-corrected chi connectivity index (χ4v) is 3.58. The third-order valence-corrected chi connectivity index (χ3v) is 5.84. The molecule has 2 rings (SSSR count). The first kappa shape index (κ1) is 17.9. The highest BCUT2D eigenvalue weighted by atomic mass is 32.2. The lowest BCUT2D eigenvalue weighted by Gasteiger charge is -2.27. The molecule has 1 aromatic heterocycles. The van der Waals surface area contributed by atoms with Crippen molar-refractivity contribution in [2.75, 3.05) is 45.7 Å². The Morgan fingerprint density at radius 1 is 1.30 bits per heavy atom. The van der Waals surface area contributed by atoms with Crippen molar-refractivity contribution in [1.29, 1.82) is 0 Å². The van der Waals surface area contributed by atoms with Gasteiger partial charge in [0.05, 0.1) is 6.61 Å². The zero-order valence-corrected chi connectivity index (χ0v) is 15.0. The van der Waals surface area contributed by atoms with Crippen LogP contribution in [0.15, 0.2) is 12.4 Å². The monoisotopic (exact) mass is 343 g/mol. The van der Waals surface area contributed by atoms with Crippen LogP contribution in [0.4, 0.5) is 5.82 Å². The molecule has 9 heteroatoms. The summed E-state index contributed by atoms with van der Waals surface area (Å²) < 4.78 is 32.8. The lowest BCUT2D eigenvalue weighted by atomic mass is 10.3. The Morgan fingerprint density at radius 3 is 2.65 bits per heavy atom. The van der Waals surface area contributed by atoms with Crippen LogP contribution in [0, 0.1) is 0 Å². The van der Waals surface area contributed by atoms with Crippen molar-refractivity contribution in [1.82, 2.24) is 18.6 Å². The molecule has 0 aliphatic carbocycles. The molecule has 130 valence electrons. The van der Waals surface area contributed by atoms with Gasteiger partial charge in [-0.05, 0) is 12.8 Å². The summed E-state index contributed by atoms with van der Waals surface area (Å²) in [5.41, 5.74) is 0. The first-order valence-corrected chi connectivity index (χ1v) is 9.11. The first-order valence-electron chi connectivity index (χ1n) is 7.72. The van der Waals surface area contributed by atoms with Crippen molar-refractivity contribution in [2.45, 2.75) is 25.8 Å². The van der Waals surface area contributed by atoms with Crippen molar-refractivity contribution in [2.24, 2.45) is 0 Å². The molecule has 0 aromatic carbocycles. The van der Waals surface area contributed by atoms with E-state index in [1.54, 1.807) is 19.4 Å². The maximum absolute atomic E-state index is 12.2. The number of likely N-dealkylation sites (N-methyl/N-ethyl adjacent to an activating group) is 1. The van der Waals surface area contributed by atoms with E-state index in [1.807, 2.05) is 11.8 Å². The molecule has 1 atom stereocenters. The summed E-state index contributed by atoms with van der Waals surface area (Å²) in [4.78, 5) is 10.6. The minimum absolute atomic E-state index is 0.0940. The summed E-state index contributed by atoms with van der Waals surface area (Å²) in [6.45, 7) is 3.91. The van der Waals surface area contributed by atoms with Crippen molar-refractivity contribution < 1.29 is 13.2 Å². The zero-order chi connectivity index (χ0) is 17.0. The second-order valence-corrected chi connectivity index (χ2v) is 7.93. The Kier molecular flexibility index (Phi) is 5.77. The van der Waals surface area contributed by atoms with E-state index in [9.17, 15) is 8.42 Å². The molecular weight excluding hydrogens is 318 g/mol. The van der Waals surface area contributed by atoms with Crippen LogP contribution in [0.5, 0.6) is 5.88 Å². The lowest BCUT2D eigenvalue weighted by molar-refractivity contribution is 0.304. The SMILES string of the molecule is CCCOc1nccnc1N1CC[C@H](N(C)S(=O)(=O)N(C)C)C1. The third-order valence-electron chi connectivity index (χ3n) is 3.89. The summed E-state index contributed by atoms with van der Waals surface area (Å²) in [5, 5.41) is 0. The summed E-state index contributed by atoms with van der Waals surface area (Å²) in [7, 11) is 1.28. The lowest BCUT2D eigenvalue weighted by Crippen LogP contribution is -2.44. The van der Waals surface area contributed by atoms with Crippen LogP contribution < -0.4 is 9.64 Å². The Hall–Kier alpha value is -1.45. The van der Waals surface area contributed by atoms with Crippen molar-refractivity contribution in [3.8, 4) is 5.88 Å². The van der Waals surface area contributed by atoms with Crippen LogP contribution in [0.3, 0.4) is 0 Å². The highest BCUT2D eigenvalue weighted by Crippen LogP contribution is 2.28. The Morgan fingerprint density at radius 2 is 2.00 bits per heavy atom. The van der Waals surface area contributed by atoms with E-state index < -0.39 is 10.2 Å². The maximum atomic E-state index is 12.2. The van der Waals surface area contributed by atoms with Gasteiger partial charge in [-0.25, -0.2) is 9.97 Å². The molecule has 0 spiro atoms. The average Bonchev–Trinajstić information content (AvgIpc) is 3.01. The van der Waals surface area contributed by atoms with E-state index in [0.29, 0.717) is 24.8 Å². The van der Waals surface area contributed by atoms with Crippen LogP contribution in [0.1, 0.15) is 19.8 Å². The fourth-order valence-electron chi connectivity index (χ4n) is 2.51. The number of hydrogen-bond acceptors (Lipinski definition) is 6. The Bertz CT molecular complexity index is 623. The standard InChI is InChI=1S/C14H25N5O3S/c1-5-10-22-14-13(15-7-8-16-14)19-9-6-12(11-19)18(4)23(20,21)17(2)3/h7-8,12H,5-6,9-11H2,1-4H3/t12-/m0/s1. The van der Waals surface area contributed by atoms with E-state index in [-0.39, 0.29) is 6.04 Å². The van der Waals surface area contributed by atoms with Crippen molar-refractivity contribution >= 4 is 16.0 Å². The normalized spacial score (nSPS) is 18.9. The largest absolute Gasteiger partial charge is 0.475 e. The van der Waals surface area contributed by atoms with E-state index in [0.717, 1.165) is 19.4 Å². The second kappa shape index (κ2) is 7.41. The molecule has 23 heavy (non-hydrogen) atoms. The summed E-state index contributed by atoms with van der Waals surface area (Å²) in [6, 6.07) is -0.0940. The van der Waals surface area contributed by atoms with E-state index in [1.165, 1.54) is 22.7 Å². The molecule has 0 unspecified atom stereocenters. The number of aromatic nitrogens is 2. The molecule has 0 amide bonds. The number of rotatable bonds is 7. The van der Waals surface area contributed by atoms with Gasteiger partial charge >= 0.3 is 0 Å². The van der Waals surface area contributed by atoms with E-state index >= 15 is 0 Å². The summed E-state index contributed by atoms with van der Waals surface area (Å²) in [5.74, 6) is 1.19. The predicted molar refractivity (Wildman–Crippen MR) is 88.8 cm³/mol. The highest BCUT2D eigenvalue weighted by molar-refractivity contribution is 7.86. The minimum atomic E-state index is -3.42. The first-order chi connectivity index (χ1) is 10.9. The quantitative estimate of drug-likeness (QED) is 0.721. The number of hydrogen-bond donors (Lipinski definition) is 0. The molecule has 0 saturated carbocycles. The molecule has 0 bridgehead atoms. The molecule has 0 radical (unpaired) electrons. The fraction of sp³-hybridized carbons (Fsp3) is 0.714. The summed E-state index contributed by atoms with van der Waals surface area (Å²) >= 11 is 0. The van der Waals surface area contributed by atoms with Gasteiger partial charge in [0.25, 0.3) is 16.1 Å². The minimum Gasteiger partial charge on any atom is -0.475 e. The van der Waals surface area contributed by atoms with Crippen molar-refractivity contribution in [3.05, 3.63) is 12.4 Å². The zero-order valence-electron chi connectivity index (χ0n) is 14.1. The molecule has 1 aliphatic rings. The molecular formula is C14H25N5O3S. The van der Waals surface area contributed by atoms with Crippen LogP contribution in [0.2, 0.25) is 0 Å². The molecule has 2 heterocycles. The Labute approximate surface area is 138 Å². The number of ether oxygens (including phenoxy) is 1.